The Labute approximate surface area is 154 Å². The molecule has 26 heavy (non-hydrogen) atoms. The third-order valence-corrected chi connectivity index (χ3v) is 4.00. The molecule has 5 nitrogen and oxygen atoms in total. The number of nitrogens with zero attached hydrogens (tertiary/aromatic N) is 1. The molecular formula is C21H27NO4. The van der Waals surface area contributed by atoms with Crippen LogP contribution in [0.3, 0.4) is 0 Å². The Bertz CT molecular complexity index is 672. The van der Waals surface area contributed by atoms with Crippen LogP contribution in [-0.4, -0.2) is 27.1 Å². The molecule has 2 rings (SSSR count). The number of carboxylic acids is 2. The number of pyridine rings is 1. The number of carboxylic acid groups (broad SMARTS) is 2. The molecule has 0 aliphatic carbocycles. The Morgan fingerprint density at radius 3 is 1.92 bits per heavy atom. The Kier molecular flexibility index (Phi) is 9.69. The van der Waals surface area contributed by atoms with Crippen molar-refractivity contribution in [3.8, 4) is 0 Å². The highest BCUT2D eigenvalue weighted by Gasteiger charge is 2.22. The Morgan fingerprint density at radius 1 is 0.885 bits per heavy atom. The van der Waals surface area contributed by atoms with Crippen LogP contribution in [0.15, 0.2) is 42.7 Å². The molecule has 0 fully saturated rings. The molecule has 0 aliphatic heterocycles. The number of carbonyl (C=O) groups is 2. The Morgan fingerprint density at radius 2 is 1.50 bits per heavy atom. The number of rotatable bonds is 8. The zero-order valence-corrected chi connectivity index (χ0v) is 15.4. The number of aromatic carboxylic acids is 2. The zero-order chi connectivity index (χ0) is 19.4. The molecule has 0 bridgehead atoms. The summed E-state index contributed by atoms with van der Waals surface area (Å²) in [6.45, 7) is 4.11. The van der Waals surface area contributed by atoms with Gasteiger partial charge >= 0.3 is 11.9 Å². The van der Waals surface area contributed by atoms with E-state index in [-0.39, 0.29) is 11.1 Å². The van der Waals surface area contributed by atoms with Crippen molar-refractivity contribution in [2.24, 2.45) is 0 Å². The first-order valence-electron chi connectivity index (χ1n) is 8.99. The summed E-state index contributed by atoms with van der Waals surface area (Å²) in [5, 5.41) is 18.5. The first-order chi connectivity index (χ1) is 12.5. The molecule has 2 N–H and O–H groups in total. The lowest BCUT2D eigenvalue weighted by Crippen LogP contribution is -2.14. The van der Waals surface area contributed by atoms with Crippen molar-refractivity contribution in [1.82, 2.24) is 4.98 Å². The molecule has 0 spiro atoms. The highest BCUT2D eigenvalue weighted by molar-refractivity contribution is 6.03. The lowest BCUT2D eigenvalue weighted by atomic mass is 9.90. The summed E-state index contributed by atoms with van der Waals surface area (Å²) in [7, 11) is 0. The van der Waals surface area contributed by atoms with E-state index in [0.29, 0.717) is 12.0 Å². The maximum Gasteiger partial charge on any atom is 0.336 e. The van der Waals surface area contributed by atoms with Crippen LogP contribution in [0.4, 0.5) is 0 Å². The molecule has 0 aliphatic rings. The Hall–Kier alpha value is -2.69. The van der Waals surface area contributed by atoms with Gasteiger partial charge in [0.2, 0.25) is 0 Å². The molecule has 1 aromatic carbocycles. The van der Waals surface area contributed by atoms with E-state index in [9.17, 15) is 14.7 Å². The quantitative estimate of drug-likeness (QED) is 0.705. The molecule has 140 valence electrons. The van der Waals surface area contributed by atoms with Crippen LogP contribution in [0.25, 0.3) is 0 Å². The fourth-order valence-corrected chi connectivity index (χ4v) is 2.67. The maximum atomic E-state index is 11.5. The molecule has 0 saturated carbocycles. The molecule has 0 saturated heterocycles. The minimum atomic E-state index is -1.18. The van der Waals surface area contributed by atoms with Gasteiger partial charge in [0.05, 0.1) is 11.1 Å². The average molecular weight is 357 g/mol. The first kappa shape index (κ1) is 21.4. The van der Waals surface area contributed by atoms with E-state index in [1.54, 1.807) is 18.5 Å². The van der Waals surface area contributed by atoms with Crippen molar-refractivity contribution in [3.05, 3.63) is 65.0 Å². The molecule has 1 heterocycles. The van der Waals surface area contributed by atoms with Gasteiger partial charge in [-0.05, 0) is 55.0 Å². The molecule has 5 heteroatoms. The predicted molar refractivity (Wildman–Crippen MR) is 102 cm³/mol. The number of aromatic nitrogens is 1. The minimum absolute atomic E-state index is 0.0282. The predicted octanol–water partition coefficient (Wildman–Crippen LogP) is 4.85. The topological polar surface area (TPSA) is 87.5 Å². The van der Waals surface area contributed by atoms with Gasteiger partial charge in [0.1, 0.15) is 0 Å². The molecular weight excluding hydrogens is 330 g/mol. The lowest BCUT2D eigenvalue weighted by Gasteiger charge is -2.14. The number of benzene rings is 1. The standard InChI is InChI=1S/C16H22O4.C5H5N/c1-3-5-7-11-9-10-13(15(17)18)14(16(19)20)12(11)8-6-4-2;1-2-4-6-5-3-1/h9-10H,3-8H2,1-2H3,(H,17,18)(H,19,20);1-5H. The van der Waals surface area contributed by atoms with Crippen molar-refractivity contribution >= 4 is 11.9 Å². The molecule has 0 amide bonds. The van der Waals surface area contributed by atoms with Gasteiger partial charge in [0.25, 0.3) is 0 Å². The van der Waals surface area contributed by atoms with Crippen LogP contribution < -0.4 is 0 Å². The van der Waals surface area contributed by atoms with Crippen LogP contribution >= 0.6 is 0 Å². The number of hydrogen-bond acceptors (Lipinski definition) is 3. The van der Waals surface area contributed by atoms with E-state index in [2.05, 4.69) is 11.9 Å². The maximum absolute atomic E-state index is 11.5. The molecule has 0 unspecified atom stereocenters. The highest BCUT2D eigenvalue weighted by atomic mass is 16.4. The van der Waals surface area contributed by atoms with Crippen LogP contribution in [0.1, 0.15) is 71.4 Å². The largest absolute Gasteiger partial charge is 0.478 e. The second-order valence-electron chi connectivity index (χ2n) is 5.97. The Balaban J connectivity index is 0.000000472. The van der Waals surface area contributed by atoms with Gasteiger partial charge in [0, 0.05) is 12.4 Å². The monoisotopic (exact) mass is 357 g/mol. The zero-order valence-electron chi connectivity index (χ0n) is 15.4. The highest BCUT2D eigenvalue weighted by Crippen LogP contribution is 2.24. The van der Waals surface area contributed by atoms with Gasteiger partial charge in [0.15, 0.2) is 0 Å². The van der Waals surface area contributed by atoms with E-state index in [0.717, 1.165) is 37.7 Å². The second-order valence-corrected chi connectivity index (χ2v) is 5.97. The molecule has 0 radical (unpaired) electrons. The molecule has 2 aromatic rings. The summed E-state index contributed by atoms with van der Waals surface area (Å²) >= 11 is 0. The first-order valence-corrected chi connectivity index (χ1v) is 8.99. The summed E-state index contributed by atoms with van der Waals surface area (Å²) in [5.41, 5.74) is 1.54. The summed E-state index contributed by atoms with van der Waals surface area (Å²) in [6.07, 6.45) is 8.74. The normalized spacial score (nSPS) is 9.92. The van der Waals surface area contributed by atoms with E-state index in [1.165, 1.54) is 6.07 Å². The van der Waals surface area contributed by atoms with Gasteiger partial charge in [-0.1, -0.05) is 38.8 Å². The van der Waals surface area contributed by atoms with Crippen LogP contribution in [-0.2, 0) is 12.8 Å². The van der Waals surface area contributed by atoms with Gasteiger partial charge in [-0.25, -0.2) is 9.59 Å². The number of unbranched alkanes of at least 4 members (excludes halogenated alkanes) is 2. The fourth-order valence-electron chi connectivity index (χ4n) is 2.67. The second kappa shape index (κ2) is 11.8. The van der Waals surface area contributed by atoms with E-state index < -0.39 is 11.9 Å². The average Bonchev–Trinajstić information content (AvgIpc) is 2.65. The molecule has 0 atom stereocenters. The van der Waals surface area contributed by atoms with Crippen molar-refractivity contribution < 1.29 is 19.8 Å². The third kappa shape index (κ3) is 6.67. The van der Waals surface area contributed by atoms with Gasteiger partial charge in [-0.2, -0.15) is 0 Å². The SMILES string of the molecule is CCCCc1ccc(C(=O)O)c(C(=O)O)c1CCCC.c1ccncc1. The summed E-state index contributed by atoms with van der Waals surface area (Å²) in [4.78, 5) is 26.5. The molecule has 1 aromatic heterocycles. The van der Waals surface area contributed by atoms with E-state index >= 15 is 0 Å². The third-order valence-electron chi connectivity index (χ3n) is 4.00. The summed E-state index contributed by atoms with van der Waals surface area (Å²) in [5.74, 6) is -2.32. The van der Waals surface area contributed by atoms with Gasteiger partial charge in [-0.3, -0.25) is 4.98 Å². The number of aryl methyl sites for hydroxylation is 1. The van der Waals surface area contributed by atoms with Crippen LogP contribution in [0, 0.1) is 0 Å². The number of hydrogen-bond donors (Lipinski definition) is 2. The summed E-state index contributed by atoms with van der Waals surface area (Å²) in [6, 6.07) is 8.91. The van der Waals surface area contributed by atoms with Crippen molar-refractivity contribution in [2.45, 2.75) is 52.4 Å². The van der Waals surface area contributed by atoms with Crippen molar-refractivity contribution in [2.75, 3.05) is 0 Å². The van der Waals surface area contributed by atoms with Crippen molar-refractivity contribution in [3.63, 3.8) is 0 Å². The smallest absolute Gasteiger partial charge is 0.336 e. The van der Waals surface area contributed by atoms with Gasteiger partial charge < -0.3 is 10.2 Å². The van der Waals surface area contributed by atoms with Gasteiger partial charge in [-0.15, -0.1) is 0 Å². The summed E-state index contributed by atoms with van der Waals surface area (Å²) < 4.78 is 0. The van der Waals surface area contributed by atoms with E-state index in [1.807, 2.05) is 25.1 Å². The fraction of sp³-hybridized carbons (Fsp3) is 0.381. The van der Waals surface area contributed by atoms with Crippen LogP contribution in [0.5, 0.6) is 0 Å². The lowest BCUT2D eigenvalue weighted by molar-refractivity contribution is 0.0650. The minimum Gasteiger partial charge on any atom is -0.478 e. The van der Waals surface area contributed by atoms with Crippen LogP contribution in [0.2, 0.25) is 0 Å². The van der Waals surface area contributed by atoms with Crippen molar-refractivity contribution in [1.29, 1.82) is 0 Å². The van der Waals surface area contributed by atoms with E-state index in [4.69, 9.17) is 5.11 Å².